The lowest BCUT2D eigenvalue weighted by atomic mass is 10.1. The summed E-state index contributed by atoms with van der Waals surface area (Å²) >= 11 is 0. The molecule has 3 rings (SSSR count). The average molecular weight is 447 g/mol. The summed E-state index contributed by atoms with van der Waals surface area (Å²) in [4.78, 5) is 51.5. The number of amides is 2. The normalized spacial score (nSPS) is 10.1. The van der Waals surface area contributed by atoms with Crippen molar-refractivity contribution in [2.24, 2.45) is 0 Å². The Morgan fingerprint density at radius 2 is 1.39 bits per heavy atom. The molecule has 0 bridgehead atoms. The Labute approximate surface area is 189 Å². The molecule has 9 heteroatoms. The van der Waals surface area contributed by atoms with Crippen LogP contribution in [-0.4, -0.2) is 38.0 Å². The van der Waals surface area contributed by atoms with E-state index in [1.807, 2.05) is 0 Å². The predicted molar refractivity (Wildman–Crippen MR) is 122 cm³/mol. The monoisotopic (exact) mass is 447 g/mol. The van der Waals surface area contributed by atoms with Crippen molar-refractivity contribution in [3.8, 4) is 0 Å². The first kappa shape index (κ1) is 23.0. The zero-order chi connectivity index (χ0) is 24.0. The lowest BCUT2D eigenvalue weighted by Crippen LogP contribution is -2.37. The van der Waals surface area contributed by atoms with Gasteiger partial charge >= 0.3 is 23.8 Å². The molecule has 0 aliphatic carbocycles. The standard InChI is InChI=1S/C24H21N3O6/c1-32-23(30)15-8-13-19(24(31)33-2)20(14-15)26-21(28)22(29)27(17-6-4-3-5-7-17)18-11-9-16(25)10-12-18/h3-14H,25H2,1-2H3,(H,26,28). The van der Waals surface area contributed by atoms with Gasteiger partial charge in [0.05, 0.1) is 31.0 Å². The summed E-state index contributed by atoms with van der Waals surface area (Å²) in [7, 11) is 2.37. The zero-order valence-corrected chi connectivity index (χ0v) is 17.9. The second-order valence-corrected chi connectivity index (χ2v) is 6.77. The van der Waals surface area contributed by atoms with Gasteiger partial charge in [0, 0.05) is 17.1 Å². The molecular weight excluding hydrogens is 426 g/mol. The second-order valence-electron chi connectivity index (χ2n) is 6.77. The number of carbonyl (C=O) groups excluding carboxylic acids is 4. The van der Waals surface area contributed by atoms with Crippen LogP contribution in [0.5, 0.6) is 0 Å². The van der Waals surface area contributed by atoms with E-state index in [2.05, 4.69) is 10.1 Å². The number of benzene rings is 3. The highest BCUT2D eigenvalue weighted by molar-refractivity contribution is 6.46. The molecule has 0 atom stereocenters. The van der Waals surface area contributed by atoms with Gasteiger partial charge in [-0.25, -0.2) is 9.59 Å². The molecule has 3 aromatic rings. The van der Waals surface area contributed by atoms with Crippen molar-refractivity contribution in [3.05, 3.63) is 83.9 Å². The van der Waals surface area contributed by atoms with E-state index in [0.29, 0.717) is 17.1 Å². The minimum absolute atomic E-state index is 0.0370. The molecule has 0 aromatic heterocycles. The molecule has 0 heterocycles. The van der Waals surface area contributed by atoms with E-state index in [4.69, 9.17) is 10.5 Å². The largest absolute Gasteiger partial charge is 0.465 e. The number of esters is 2. The van der Waals surface area contributed by atoms with Crippen LogP contribution in [0.1, 0.15) is 20.7 Å². The summed E-state index contributed by atoms with van der Waals surface area (Å²) in [5.74, 6) is -3.40. The Hall–Kier alpha value is -4.66. The molecule has 9 nitrogen and oxygen atoms in total. The fourth-order valence-electron chi connectivity index (χ4n) is 3.04. The highest BCUT2D eigenvalue weighted by atomic mass is 16.5. The minimum Gasteiger partial charge on any atom is -0.465 e. The molecule has 2 amide bonds. The molecule has 0 fully saturated rings. The summed E-state index contributed by atoms with van der Waals surface area (Å²) < 4.78 is 9.41. The topological polar surface area (TPSA) is 128 Å². The molecule has 3 aromatic carbocycles. The summed E-state index contributed by atoms with van der Waals surface area (Å²) in [6, 6.07) is 18.8. The molecule has 0 saturated carbocycles. The second kappa shape index (κ2) is 10.1. The summed E-state index contributed by atoms with van der Waals surface area (Å²) in [5.41, 5.74) is 7.05. The van der Waals surface area contributed by atoms with Crippen LogP contribution in [0.3, 0.4) is 0 Å². The maximum Gasteiger partial charge on any atom is 0.339 e. The number of nitrogens with zero attached hydrogens (tertiary/aromatic N) is 1. The number of para-hydroxylation sites is 1. The van der Waals surface area contributed by atoms with E-state index < -0.39 is 23.8 Å². The van der Waals surface area contributed by atoms with Gasteiger partial charge in [0.15, 0.2) is 0 Å². The Morgan fingerprint density at radius 1 is 0.788 bits per heavy atom. The van der Waals surface area contributed by atoms with E-state index >= 15 is 0 Å². The number of anilines is 4. The molecule has 0 aliphatic rings. The lowest BCUT2D eigenvalue weighted by Gasteiger charge is -2.23. The Bertz CT molecular complexity index is 1190. The molecule has 168 valence electrons. The Morgan fingerprint density at radius 3 is 2.00 bits per heavy atom. The number of nitrogens with one attached hydrogen (secondary N) is 1. The van der Waals surface area contributed by atoms with Gasteiger partial charge in [-0.3, -0.25) is 14.5 Å². The summed E-state index contributed by atoms with van der Waals surface area (Å²) in [6.07, 6.45) is 0. The predicted octanol–water partition coefficient (Wildman–Crippen LogP) is 3.15. The highest BCUT2D eigenvalue weighted by Crippen LogP contribution is 2.27. The van der Waals surface area contributed by atoms with Crippen LogP contribution in [-0.2, 0) is 19.1 Å². The van der Waals surface area contributed by atoms with E-state index in [-0.39, 0.29) is 16.8 Å². The maximum absolute atomic E-state index is 13.2. The number of hydrogen-bond acceptors (Lipinski definition) is 7. The summed E-state index contributed by atoms with van der Waals surface area (Å²) in [5, 5.41) is 2.41. The van der Waals surface area contributed by atoms with E-state index in [0.717, 1.165) is 0 Å². The van der Waals surface area contributed by atoms with Gasteiger partial charge in [-0.05, 0) is 54.6 Å². The van der Waals surface area contributed by atoms with Gasteiger partial charge in [-0.15, -0.1) is 0 Å². The smallest absolute Gasteiger partial charge is 0.339 e. The molecule has 33 heavy (non-hydrogen) atoms. The average Bonchev–Trinajstić information content (AvgIpc) is 2.84. The van der Waals surface area contributed by atoms with Gasteiger partial charge < -0.3 is 20.5 Å². The van der Waals surface area contributed by atoms with Crippen molar-refractivity contribution >= 4 is 46.5 Å². The van der Waals surface area contributed by atoms with Crippen LogP contribution in [0, 0.1) is 0 Å². The number of hydrogen-bond donors (Lipinski definition) is 2. The minimum atomic E-state index is -1.04. The van der Waals surface area contributed by atoms with Crippen LogP contribution in [0.15, 0.2) is 72.8 Å². The number of rotatable bonds is 5. The maximum atomic E-state index is 13.2. The van der Waals surface area contributed by atoms with E-state index in [1.54, 1.807) is 54.6 Å². The van der Waals surface area contributed by atoms with Crippen molar-refractivity contribution in [2.45, 2.75) is 0 Å². The molecule has 0 unspecified atom stereocenters. The summed E-state index contributed by atoms with van der Waals surface area (Å²) in [6.45, 7) is 0. The molecule has 3 N–H and O–H groups in total. The lowest BCUT2D eigenvalue weighted by molar-refractivity contribution is -0.134. The first-order chi connectivity index (χ1) is 15.8. The third-order valence-electron chi connectivity index (χ3n) is 4.66. The van der Waals surface area contributed by atoms with Crippen molar-refractivity contribution < 1.29 is 28.7 Å². The van der Waals surface area contributed by atoms with E-state index in [9.17, 15) is 19.2 Å². The molecule has 0 saturated heterocycles. The van der Waals surface area contributed by atoms with Gasteiger partial charge in [0.2, 0.25) is 0 Å². The number of ether oxygens (including phenoxy) is 2. The number of carbonyl (C=O) groups is 4. The van der Waals surface area contributed by atoms with Crippen LogP contribution in [0.2, 0.25) is 0 Å². The molecule has 0 aliphatic heterocycles. The van der Waals surface area contributed by atoms with Crippen molar-refractivity contribution in [1.82, 2.24) is 0 Å². The Balaban J connectivity index is 1.99. The fraction of sp³-hybridized carbons (Fsp3) is 0.0833. The SMILES string of the molecule is COC(=O)c1ccc(C(=O)OC)c(NC(=O)C(=O)N(c2ccccc2)c2ccc(N)cc2)c1. The van der Waals surface area contributed by atoms with Gasteiger partial charge in [0.25, 0.3) is 0 Å². The van der Waals surface area contributed by atoms with Gasteiger partial charge in [-0.1, -0.05) is 18.2 Å². The third kappa shape index (κ3) is 5.16. The van der Waals surface area contributed by atoms with Crippen LogP contribution in [0.4, 0.5) is 22.7 Å². The highest BCUT2D eigenvalue weighted by Gasteiger charge is 2.27. The first-order valence-corrected chi connectivity index (χ1v) is 9.72. The molecule has 0 radical (unpaired) electrons. The van der Waals surface area contributed by atoms with Gasteiger partial charge in [0.1, 0.15) is 0 Å². The quantitative estimate of drug-likeness (QED) is 0.349. The molecular formula is C24H21N3O6. The third-order valence-corrected chi connectivity index (χ3v) is 4.66. The van der Waals surface area contributed by atoms with Crippen molar-refractivity contribution in [3.63, 3.8) is 0 Å². The molecule has 0 spiro atoms. The number of nitrogens with two attached hydrogens (primary N) is 1. The van der Waals surface area contributed by atoms with Crippen LogP contribution in [0.25, 0.3) is 0 Å². The van der Waals surface area contributed by atoms with Crippen LogP contribution >= 0.6 is 0 Å². The van der Waals surface area contributed by atoms with Crippen molar-refractivity contribution in [1.29, 1.82) is 0 Å². The van der Waals surface area contributed by atoms with Gasteiger partial charge in [-0.2, -0.15) is 0 Å². The van der Waals surface area contributed by atoms with Crippen LogP contribution < -0.4 is 16.0 Å². The fourth-order valence-corrected chi connectivity index (χ4v) is 3.04. The van der Waals surface area contributed by atoms with E-state index in [1.165, 1.54) is 37.3 Å². The van der Waals surface area contributed by atoms with Crippen molar-refractivity contribution in [2.75, 3.05) is 30.2 Å². The number of nitrogen functional groups attached to an aromatic ring is 1. The number of methoxy groups -OCH3 is 2. The first-order valence-electron chi connectivity index (χ1n) is 9.72. The Kier molecular flexibility index (Phi) is 7.04. The zero-order valence-electron chi connectivity index (χ0n) is 17.9.